The van der Waals surface area contributed by atoms with Gasteiger partial charge in [0.1, 0.15) is 17.2 Å². The minimum Gasteiger partial charge on any atom is -0.332 e. The Labute approximate surface area is 184 Å². The van der Waals surface area contributed by atoms with Crippen molar-refractivity contribution in [3.05, 3.63) is 68.9 Å². The average molecular weight is 439 g/mol. The highest BCUT2D eigenvalue weighted by molar-refractivity contribution is 5.75. The monoisotopic (exact) mass is 438 g/mol. The van der Waals surface area contributed by atoms with Gasteiger partial charge in [0.05, 0.1) is 18.3 Å². The fraction of sp³-hybridized carbons (Fsp3) is 0.391. The van der Waals surface area contributed by atoms with E-state index in [-0.39, 0.29) is 29.1 Å². The van der Waals surface area contributed by atoms with Gasteiger partial charge in [-0.2, -0.15) is 5.10 Å². The molecule has 0 aliphatic carbocycles. The van der Waals surface area contributed by atoms with Crippen molar-refractivity contribution in [1.82, 2.24) is 28.9 Å². The van der Waals surface area contributed by atoms with Crippen LogP contribution in [0.5, 0.6) is 0 Å². The van der Waals surface area contributed by atoms with Crippen molar-refractivity contribution in [2.24, 2.45) is 0 Å². The van der Waals surface area contributed by atoms with E-state index in [1.54, 1.807) is 27.7 Å². The van der Waals surface area contributed by atoms with Crippen molar-refractivity contribution in [1.29, 1.82) is 0 Å². The van der Waals surface area contributed by atoms with Crippen LogP contribution in [0.2, 0.25) is 0 Å². The highest BCUT2D eigenvalue weighted by Crippen LogP contribution is 2.21. The second-order valence-corrected chi connectivity index (χ2v) is 8.18. The molecule has 0 saturated heterocycles. The molecule has 0 fully saturated rings. The number of nitrogens with one attached hydrogen (secondary N) is 1. The largest absolute Gasteiger partial charge is 0.333 e. The molecule has 168 valence electrons. The van der Waals surface area contributed by atoms with Gasteiger partial charge in [-0.15, -0.1) is 0 Å². The summed E-state index contributed by atoms with van der Waals surface area (Å²) in [6.07, 6.45) is 4.80. The fourth-order valence-corrected chi connectivity index (χ4v) is 3.78. The maximum Gasteiger partial charge on any atom is 0.333 e. The number of imidazole rings is 1. The molecule has 0 spiro atoms. The summed E-state index contributed by atoms with van der Waals surface area (Å²) in [7, 11) is 0. The summed E-state index contributed by atoms with van der Waals surface area (Å²) in [4.78, 5) is 34.1. The Morgan fingerprint density at radius 2 is 1.81 bits per heavy atom. The maximum absolute atomic E-state index is 13.5. The number of hydrogen-bond donors (Lipinski definition) is 1. The molecule has 4 rings (SSSR count). The molecule has 2 unspecified atom stereocenters. The highest BCUT2D eigenvalue weighted by Gasteiger charge is 2.22. The number of H-pyrrole nitrogens is 1. The second-order valence-electron chi connectivity index (χ2n) is 8.18. The van der Waals surface area contributed by atoms with Gasteiger partial charge < -0.3 is 4.98 Å². The number of hydrogen-bond acceptors (Lipinski definition) is 4. The lowest BCUT2D eigenvalue weighted by Crippen LogP contribution is -2.42. The Morgan fingerprint density at radius 3 is 2.50 bits per heavy atom. The first-order valence-electron chi connectivity index (χ1n) is 10.9. The van der Waals surface area contributed by atoms with E-state index in [0.29, 0.717) is 35.5 Å². The van der Waals surface area contributed by atoms with Crippen LogP contribution in [0, 0.1) is 5.82 Å². The summed E-state index contributed by atoms with van der Waals surface area (Å²) in [5.74, 6) is 0.161. The Morgan fingerprint density at radius 1 is 1.09 bits per heavy atom. The number of aromatic amines is 1. The topological polar surface area (TPSA) is 90.5 Å². The van der Waals surface area contributed by atoms with Gasteiger partial charge in [0.15, 0.2) is 5.65 Å². The summed E-state index contributed by atoms with van der Waals surface area (Å²) < 4.78 is 18.1. The van der Waals surface area contributed by atoms with E-state index < -0.39 is 0 Å². The van der Waals surface area contributed by atoms with Crippen molar-refractivity contribution >= 4 is 11.2 Å². The van der Waals surface area contributed by atoms with Crippen LogP contribution in [0.4, 0.5) is 4.39 Å². The Balaban J connectivity index is 1.82. The molecule has 4 aromatic rings. The number of aromatic nitrogens is 6. The number of nitrogens with zero attached hydrogens (tertiary/aromatic N) is 5. The minimum atomic E-state index is -0.371. The molecular weight excluding hydrogens is 411 g/mol. The third-order valence-electron chi connectivity index (χ3n) is 5.96. The van der Waals surface area contributed by atoms with Crippen molar-refractivity contribution in [3.63, 3.8) is 0 Å². The third-order valence-corrected chi connectivity index (χ3v) is 5.96. The van der Waals surface area contributed by atoms with Gasteiger partial charge in [-0.3, -0.25) is 18.6 Å². The van der Waals surface area contributed by atoms with E-state index in [9.17, 15) is 14.0 Å². The molecule has 9 heteroatoms. The van der Waals surface area contributed by atoms with Crippen LogP contribution >= 0.6 is 0 Å². The second kappa shape index (κ2) is 8.57. The Bertz CT molecular complexity index is 1380. The first-order valence-corrected chi connectivity index (χ1v) is 10.9. The molecule has 3 aromatic heterocycles. The normalized spacial score (nSPS) is 13.5. The summed E-state index contributed by atoms with van der Waals surface area (Å²) >= 11 is 0. The van der Waals surface area contributed by atoms with Gasteiger partial charge in [0.2, 0.25) is 0 Å². The number of benzene rings is 1. The van der Waals surface area contributed by atoms with Gasteiger partial charge in [-0.25, -0.2) is 14.2 Å². The van der Waals surface area contributed by atoms with Crippen LogP contribution in [0.15, 0.2) is 46.2 Å². The SMILES string of the molecule is CCC(C)n1c(=O)c2[nH]c(-c3cnn(Cc4cccc(F)c4)c3)nc2n(C(C)CC)c1=O. The van der Waals surface area contributed by atoms with Gasteiger partial charge in [0, 0.05) is 18.3 Å². The first-order chi connectivity index (χ1) is 15.3. The molecule has 0 amide bonds. The first kappa shape index (κ1) is 21.7. The standard InChI is InChI=1S/C23H27FN6O2/c1-5-14(3)29-21-19(22(31)30(23(29)32)15(4)6-2)26-20(27-21)17-11-25-28(13-17)12-16-8-7-9-18(24)10-16/h7-11,13-15H,5-6,12H2,1-4H3,(H,26,27). The molecule has 0 aliphatic rings. The van der Waals surface area contributed by atoms with Crippen molar-refractivity contribution in [3.8, 4) is 11.4 Å². The lowest BCUT2D eigenvalue weighted by molar-refractivity contribution is 0.438. The predicted octanol–water partition coefficient (Wildman–Crippen LogP) is 3.88. The summed E-state index contributed by atoms with van der Waals surface area (Å²) in [6, 6.07) is 6.00. The summed E-state index contributed by atoms with van der Waals surface area (Å²) in [6.45, 7) is 8.14. The van der Waals surface area contributed by atoms with E-state index >= 15 is 0 Å². The Hall–Kier alpha value is -3.49. The molecule has 0 radical (unpaired) electrons. The van der Waals surface area contributed by atoms with Crippen molar-refractivity contribution in [2.75, 3.05) is 0 Å². The molecule has 32 heavy (non-hydrogen) atoms. The minimum absolute atomic E-state index is 0.118. The van der Waals surface area contributed by atoms with Crippen molar-refractivity contribution < 1.29 is 4.39 Å². The third kappa shape index (κ3) is 3.79. The number of halogens is 1. The molecule has 0 bridgehead atoms. The quantitative estimate of drug-likeness (QED) is 0.474. The van der Waals surface area contributed by atoms with Gasteiger partial charge in [-0.05, 0) is 44.4 Å². The Kier molecular flexibility index (Phi) is 5.82. The molecule has 8 nitrogen and oxygen atoms in total. The number of fused-ring (bicyclic) bond motifs is 1. The van der Waals surface area contributed by atoms with Crippen LogP contribution in [-0.4, -0.2) is 28.9 Å². The molecule has 3 heterocycles. The van der Waals surface area contributed by atoms with Gasteiger partial charge >= 0.3 is 5.69 Å². The van der Waals surface area contributed by atoms with Crippen LogP contribution in [0.25, 0.3) is 22.6 Å². The van der Waals surface area contributed by atoms with E-state index in [4.69, 9.17) is 0 Å². The van der Waals surface area contributed by atoms with Crippen molar-refractivity contribution in [2.45, 2.75) is 59.2 Å². The molecule has 1 N–H and O–H groups in total. The zero-order valence-electron chi connectivity index (χ0n) is 18.7. The molecule has 1 aromatic carbocycles. The van der Waals surface area contributed by atoms with Gasteiger partial charge in [0.25, 0.3) is 5.56 Å². The predicted molar refractivity (Wildman–Crippen MR) is 121 cm³/mol. The lowest BCUT2D eigenvalue weighted by Gasteiger charge is -2.18. The molecule has 2 atom stereocenters. The van der Waals surface area contributed by atoms with E-state index in [2.05, 4.69) is 15.1 Å². The lowest BCUT2D eigenvalue weighted by atomic mass is 10.2. The average Bonchev–Trinajstić information content (AvgIpc) is 3.41. The zero-order chi connectivity index (χ0) is 23.0. The highest BCUT2D eigenvalue weighted by atomic mass is 19.1. The maximum atomic E-state index is 13.5. The van der Waals surface area contributed by atoms with Crippen LogP contribution in [0.3, 0.4) is 0 Å². The molecule has 0 saturated carbocycles. The molecule has 0 aliphatic heterocycles. The van der Waals surface area contributed by atoms with Gasteiger partial charge in [-0.1, -0.05) is 26.0 Å². The fourth-order valence-electron chi connectivity index (χ4n) is 3.78. The van der Waals surface area contributed by atoms with E-state index in [0.717, 1.165) is 12.0 Å². The smallest absolute Gasteiger partial charge is 0.332 e. The van der Waals surface area contributed by atoms with E-state index in [1.165, 1.54) is 16.7 Å². The van der Waals surface area contributed by atoms with Crippen LogP contribution in [0.1, 0.15) is 58.2 Å². The number of rotatable bonds is 7. The summed E-state index contributed by atoms with van der Waals surface area (Å²) in [5.41, 5.74) is 1.40. The zero-order valence-corrected chi connectivity index (χ0v) is 18.7. The summed E-state index contributed by atoms with van der Waals surface area (Å²) in [5, 5.41) is 4.34. The van der Waals surface area contributed by atoms with Crippen LogP contribution < -0.4 is 11.2 Å². The molecular formula is C23H27FN6O2. The van der Waals surface area contributed by atoms with Crippen LogP contribution in [-0.2, 0) is 6.54 Å². The van der Waals surface area contributed by atoms with E-state index in [1.807, 2.05) is 33.8 Å².